The average molecular weight is 411 g/mol. The van der Waals surface area contributed by atoms with Crippen LogP contribution in [0.1, 0.15) is 33.6 Å². The standard InChI is InChI=1S/C24H30N2O4/c1-6-20(28)17(4)22(29)15(2)13-19(25)14-16(3)23-12-10-8-7-9-11-21(26)24(23,30-23)18(5)27/h6-7,10,13,16,18,21,27-28H,1-2,12,14,25-26H2,3-5H3/b19-13+,20-17-/t8?,16-,18+,21-,23+,24-/m0/s1. The summed E-state index contributed by atoms with van der Waals surface area (Å²) in [7, 11) is 0. The average Bonchev–Trinajstić information content (AvgIpc) is 3.39. The molecule has 1 aliphatic carbocycles. The largest absolute Gasteiger partial charge is 0.508 e. The fourth-order valence-electron chi connectivity index (χ4n) is 4.12. The molecule has 1 heterocycles. The summed E-state index contributed by atoms with van der Waals surface area (Å²) in [6.45, 7) is 12.3. The molecule has 0 radical (unpaired) electrons. The number of allylic oxidation sites excluding steroid dienone is 5. The van der Waals surface area contributed by atoms with E-state index in [0.29, 0.717) is 18.5 Å². The lowest BCUT2D eigenvalue weighted by Crippen LogP contribution is -2.51. The van der Waals surface area contributed by atoms with Gasteiger partial charge in [0.05, 0.1) is 6.10 Å². The summed E-state index contributed by atoms with van der Waals surface area (Å²) >= 11 is 0. The first kappa shape index (κ1) is 23.5. The highest BCUT2D eigenvalue weighted by molar-refractivity contribution is 6.09. The van der Waals surface area contributed by atoms with E-state index in [1.54, 1.807) is 13.0 Å². The van der Waals surface area contributed by atoms with Crippen LogP contribution >= 0.6 is 0 Å². The first-order valence-electron chi connectivity index (χ1n) is 9.79. The molecule has 2 rings (SSSR count). The van der Waals surface area contributed by atoms with Crippen molar-refractivity contribution in [3.05, 3.63) is 65.8 Å². The quantitative estimate of drug-likeness (QED) is 0.122. The van der Waals surface area contributed by atoms with Crippen LogP contribution in [0.3, 0.4) is 0 Å². The van der Waals surface area contributed by atoms with Crippen LogP contribution in [0.4, 0.5) is 0 Å². The van der Waals surface area contributed by atoms with E-state index in [1.807, 2.05) is 13.0 Å². The van der Waals surface area contributed by atoms with Crippen LogP contribution < -0.4 is 11.5 Å². The Morgan fingerprint density at radius 1 is 1.47 bits per heavy atom. The Balaban J connectivity index is 2.27. The highest BCUT2D eigenvalue weighted by Gasteiger charge is 2.76. The Kier molecular flexibility index (Phi) is 6.97. The number of ether oxygens (including phenoxy) is 1. The first-order valence-corrected chi connectivity index (χ1v) is 9.79. The zero-order chi connectivity index (χ0) is 22.7. The molecule has 30 heavy (non-hydrogen) atoms. The van der Waals surface area contributed by atoms with Gasteiger partial charge in [0.15, 0.2) is 11.4 Å². The van der Waals surface area contributed by atoms with Crippen molar-refractivity contribution < 1.29 is 19.7 Å². The van der Waals surface area contributed by atoms with Crippen LogP contribution in [0, 0.1) is 17.8 Å². The summed E-state index contributed by atoms with van der Waals surface area (Å²) in [4.78, 5) is 12.4. The van der Waals surface area contributed by atoms with Crippen LogP contribution in [-0.2, 0) is 9.53 Å². The highest BCUT2D eigenvalue weighted by atomic mass is 16.6. The normalized spacial score (nSPS) is 30.3. The number of ketones is 1. The Bertz CT molecular complexity index is 940. The van der Waals surface area contributed by atoms with Gasteiger partial charge in [0.1, 0.15) is 17.4 Å². The first-order chi connectivity index (χ1) is 14.0. The molecular formula is C24H30N2O4. The molecule has 1 saturated heterocycles. The Morgan fingerprint density at radius 2 is 2.13 bits per heavy atom. The topological polar surface area (TPSA) is 122 Å². The van der Waals surface area contributed by atoms with Crippen molar-refractivity contribution >= 4 is 5.78 Å². The molecule has 6 heteroatoms. The Labute approximate surface area is 178 Å². The summed E-state index contributed by atoms with van der Waals surface area (Å²) in [6.07, 6.45) is 6.13. The minimum atomic E-state index is -1.02. The number of rotatable bonds is 8. The number of fused-ring (bicyclic) bond motifs is 1. The maximum atomic E-state index is 12.4. The third-order valence-corrected chi connectivity index (χ3v) is 5.88. The van der Waals surface area contributed by atoms with Gasteiger partial charge < -0.3 is 26.4 Å². The smallest absolute Gasteiger partial charge is 0.191 e. The molecule has 0 spiro atoms. The van der Waals surface area contributed by atoms with Crippen LogP contribution in [-0.4, -0.2) is 39.3 Å². The predicted octanol–water partition coefficient (Wildman–Crippen LogP) is 2.33. The van der Waals surface area contributed by atoms with Crippen molar-refractivity contribution in [2.24, 2.45) is 17.4 Å². The van der Waals surface area contributed by atoms with E-state index in [-0.39, 0.29) is 22.8 Å². The number of epoxide rings is 1. The Hall–Kier alpha value is -2.81. The number of carbonyl (C=O) groups excluding carboxylic acids is 1. The number of carbonyl (C=O) groups is 1. The molecule has 0 aromatic rings. The van der Waals surface area contributed by atoms with Gasteiger partial charge in [-0.2, -0.15) is 0 Å². The second-order valence-electron chi connectivity index (χ2n) is 7.84. The van der Waals surface area contributed by atoms with Crippen LogP contribution in [0.15, 0.2) is 65.8 Å². The van der Waals surface area contributed by atoms with Crippen molar-refractivity contribution in [1.82, 2.24) is 0 Å². The van der Waals surface area contributed by atoms with E-state index in [0.717, 1.165) is 0 Å². The van der Waals surface area contributed by atoms with Crippen molar-refractivity contribution in [3.8, 4) is 11.8 Å². The summed E-state index contributed by atoms with van der Waals surface area (Å²) < 4.78 is 6.16. The number of aliphatic hydroxyl groups is 2. The van der Waals surface area contributed by atoms with E-state index < -0.39 is 29.1 Å². The fourth-order valence-corrected chi connectivity index (χ4v) is 4.12. The van der Waals surface area contributed by atoms with Gasteiger partial charge in [-0.1, -0.05) is 31.9 Å². The predicted molar refractivity (Wildman–Crippen MR) is 117 cm³/mol. The molecule has 0 unspecified atom stereocenters. The number of hydrogen-bond donors (Lipinski definition) is 4. The lowest BCUT2D eigenvalue weighted by molar-refractivity contribution is -0.112. The van der Waals surface area contributed by atoms with Crippen molar-refractivity contribution in [1.29, 1.82) is 0 Å². The number of hydrogen-bond acceptors (Lipinski definition) is 6. The zero-order valence-electron chi connectivity index (χ0n) is 17.7. The Morgan fingerprint density at radius 3 is 2.73 bits per heavy atom. The van der Waals surface area contributed by atoms with E-state index in [4.69, 9.17) is 16.2 Å². The van der Waals surface area contributed by atoms with E-state index in [9.17, 15) is 15.0 Å². The molecule has 0 aromatic heterocycles. The van der Waals surface area contributed by atoms with Crippen LogP contribution in [0.2, 0.25) is 0 Å². The molecule has 0 amide bonds. The molecule has 0 bridgehead atoms. The monoisotopic (exact) mass is 410 g/mol. The van der Waals surface area contributed by atoms with Crippen molar-refractivity contribution in [2.75, 3.05) is 0 Å². The van der Waals surface area contributed by atoms with Gasteiger partial charge in [-0.15, -0.1) is 5.73 Å². The molecule has 0 saturated carbocycles. The van der Waals surface area contributed by atoms with Crippen LogP contribution in [0.5, 0.6) is 0 Å². The third-order valence-electron chi connectivity index (χ3n) is 5.88. The molecule has 6 nitrogen and oxygen atoms in total. The summed E-state index contributed by atoms with van der Waals surface area (Å²) in [6, 6.07) is -0.680. The van der Waals surface area contributed by atoms with Crippen molar-refractivity contribution in [2.45, 2.75) is 57.0 Å². The molecule has 0 aromatic carbocycles. The molecule has 1 aliphatic heterocycles. The number of aliphatic hydroxyl groups excluding tert-OH is 2. The van der Waals surface area contributed by atoms with Gasteiger partial charge in [0.2, 0.25) is 0 Å². The molecule has 2 aliphatic rings. The van der Waals surface area contributed by atoms with Gasteiger partial charge >= 0.3 is 0 Å². The molecule has 5 atom stereocenters. The summed E-state index contributed by atoms with van der Waals surface area (Å²) in [5, 5.41) is 20.2. The van der Waals surface area contributed by atoms with E-state index >= 15 is 0 Å². The van der Waals surface area contributed by atoms with Gasteiger partial charge in [-0.25, -0.2) is 0 Å². The zero-order valence-corrected chi connectivity index (χ0v) is 17.7. The molecule has 6 N–H and O–H groups in total. The minimum absolute atomic E-state index is 0.141. The minimum Gasteiger partial charge on any atom is -0.508 e. The molecular weight excluding hydrogens is 380 g/mol. The van der Waals surface area contributed by atoms with Gasteiger partial charge in [-0.3, -0.25) is 4.79 Å². The maximum Gasteiger partial charge on any atom is 0.191 e. The maximum absolute atomic E-state index is 12.4. The molecule has 1 fully saturated rings. The van der Waals surface area contributed by atoms with Crippen molar-refractivity contribution in [3.63, 3.8) is 0 Å². The van der Waals surface area contributed by atoms with Gasteiger partial charge in [0, 0.05) is 29.3 Å². The van der Waals surface area contributed by atoms with Gasteiger partial charge in [-0.05, 0) is 44.4 Å². The SMILES string of the molecule is C=C/C(O)=C(\C)C(=O)C(=C)/C=C(/N)C[C@H](C)[C@]12CC=C=CC#C[C@H](N)[C@]1([C@@H](C)O)O2. The van der Waals surface area contributed by atoms with E-state index in [1.165, 1.54) is 19.1 Å². The number of Topliss-reactive ketones (excluding diaryl/α,β-unsaturated/α-hetero) is 1. The number of nitrogens with two attached hydrogens (primary N) is 2. The summed E-state index contributed by atoms with van der Waals surface area (Å²) in [5.41, 5.74) is 14.4. The lowest BCUT2D eigenvalue weighted by Gasteiger charge is -2.28. The third kappa shape index (κ3) is 4.07. The highest BCUT2D eigenvalue weighted by Crippen LogP contribution is 2.60. The second-order valence-corrected chi connectivity index (χ2v) is 7.84. The molecule has 160 valence electrons. The van der Waals surface area contributed by atoms with E-state index in [2.05, 4.69) is 30.7 Å². The lowest BCUT2D eigenvalue weighted by atomic mass is 9.73. The van der Waals surface area contributed by atoms with Crippen LogP contribution in [0.25, 0.3) is 0 Å². The van der Waals surface area contributed by atoms with Gasteiger partial charge in [0.25, 0.3) is 0 Å². The fraction of sp³-hybridized carbons (Fsp3) is 0.417. The second kappa shape index (κ2) is 8.91. The summed E-state index contributed by atoms with van der Waals surface area (Å²) in [5.74, 6) is 4.97.